The topological polar surface area (TPSA) is 75.9 Å². The zero-order valence-corrected chi connectivity index (χ0v) is 18.9. The maximum absolute atomic E-state index is 12.9. The Morgan fingerprint density at radius 2 is 1.76 bits per heavy atom. The van der Waals surface area contributed by atoms with Crippen LogP contribution in [0.15, 0.2) is 60.8 Å². The van der Waals surface area contributed by atoms with Gasteiger partial charge in [0.05, 0.1) is 11.9 Å². The van der Waals surface area contributed by atoms with E-state index in [1.165, 1.54) is 10.9 Å². The van der Waals surface area contributed by atoms with Crippen LogP contribution in [0.25, 0.3) is 17.1 Å². The van der Waals surface area contributed by atoms with Gasteiger partial charge in [-0.25, -0.2) is 14.6 Å². The minimum atomic E-state index is -4.49. The van der Waals surface area contributed by atoms with Gasteiger partial charge in [-0.15, -0.1) is 0 Å². The average molecular weight is 467 g/mol. The van der Waals surface area contributed by atoms with Crippen molar-refractivity contribution in [3.63, 3.8) is 0 Å². The molecule has 2 aromatic carbocycles. The molecule has 2 aromatic heterocycles. The summed E-state index contributed by atoms with van der Waals surface area (Å²) in [7, 11) is 0. The van der Waals surface area contributed by atoms with Gasteiger partial charge in [0, 0.05) is 17.8 Å². The first-order valence-corrected chi connectivity index (χ1v) is 10.8. The number of hydrogen-bond donors (Lipinski definition) is 2. The molecule has 0 atom stereocenters. The molecule has 2 heterocycles. The molecule has 6 nitrogen and oxygen atoms in total. The summed E-state index contributed by atoms with van der Waals surface area (Å²) < 4.78 is 40.1. The highest BCUT2D eigenvalue weighted by Gasteiger charge is 2.34. The van der Waals surface area contributed by atoms with Crippen LogP contribution in [0.3, 0.4) is 0 Å². The van der Waals surface area contributed by atoms with Crippen molar-refractivity contribution in [3.8, 4) is 22.8 Å². The number of halogens is 3. The first-order valence-electron chi connectivity index (χ1n) is 10.8. The summed E-state index contributed by atoms with van der Waals surface area (Å²) in [6.07, 6.45) is -3.13. The van der Waals surface area contributed by atoms with Gasteiger partial charge in [0.2, 0.25) is 0 Å². The van der Waals surface area contributed by atoms with Crippen molar-refractivity contribution in [1.29, 1.82) is 0 Å². The molecular formula is C25H24F3N5O. The smallest absolute Gasteiger partial charge is 0.435 e. The van der Waals surface area contributed by atoms with E-state index < -0.39 is 11.9 Å². The van der Waals surface area contributed by atoms with Crippen LogP contribution >= 0.6 is 0 Å². The number of hydrogen-bond acceptors (Lipinski definition) is 5. The van der Waals surface area contributed by atoms with Gasteiger partial charge in [-0.3, -0.25) is 0 Å². The number of benzene rings is 2. The number of nitrogens with zero attached hydrogens (tertiary/aromatic N) is 4. The second kappa shape index (κ2) is 9.17. The molecule has 0 saturated heterocycles. The van der Waals surface area contributed by atoms with Crippen LogP contribution in [-0.4, -0.2) is 24.9 Å². The van der Waals surface area contributed by atoms with Crippen LogP contribution in [0.4, 0.5) is 19.0 Å². The largest absolute Gasteiger partial charge is 0.503 e. The second-order valence-electron chi connectivity index (χ2n) is 8.27. The quantitative estimate of drug-likeness (QED) is 0.359. The fourth-order valence-electron chi connectivity index (χ4n) is 3.65. The molecule has 0 aliphatic carbocycles. The third-order valence-corrected chi connectivity index (χ3v) is 5.41. The van der Waals surface area contributed by atoms with Gasteiger partial charge in [-0.05, 0) is 42.2 Å². The lowest BCUT2D eigenvalue weighted by atomic mass is 9.97. The van der Waals surface area contributed by atoms with Crippen molar-refractivity contribution in [1.82, 2.24) is 19.7 Å². The molecule has 9 heteroatoms. The van der Waals surface area contributed by atoms with Crippen molar-refractivity contribution >= 4 is 5.82 Å². The lowest BCUT2D eigenvalue weighted by Gasteiger charge is -2.13. The minimum absolute atomic E-state index is 0.0748. The van der Waals surface area contributed by atoms with Gasteiger partial charge in [0.15, 0.2) is 23.1 Å². The van der Waals surface area contributed by atoms with E-state index in [2.05, 4.69) is 34.2 Å². The summed E-state index contributed by atoms with van der Waals surface area (Å²) in [5, 5.41) is 17.0. The summed E-state index contributed by atoms with van der Waals surface area (Å²) in [4.78, 5) is 8.80. The Labute approximate surface area is 195 Å². The number of aromatic nitrogens is 4. The van der Waals surface area contributed by atoms with Crippen molar-refractivity contribution in [2.45, 2.75) is 39.4 Å². The number of alkyl halides is 3. The third kappa shape index (κ3) is 4.88. The fourth-order valence-corrected chi connectivity index (χ4v) is 3.65. The molecule has 0 spiro atoms. The molecule has 0 fully saturated rings. The van der Waals surface area contributed by atoms with Crippen LogP contribution in [0, 0.1) is 6.92 Å². The third-order valence-electron chi connectivity index (χ3n) is 5.41. The Morgan fingerprint density at radius 1 is 1.06 bits per heavy atom. The summed E-state index contributed by atoms with van der Waals surface area (Å²) in [6.45, 7) is 6.11. The summed E-state index contributed by atoms with van der Waals surface area (Å²) in [5.41, 5.74) is 2.85. The molecule has 0 unspecified atom stereocenters. The number of nitrogens with one attached hydrogen (secondary N) is 1. The normalized spacial score (nSPS) is 11.7. The van der Waals surface area contributed by atoms with Gasteiger partial charge in [0.25, 0.3) is 0 Å². The Bertz CT molecular complexity index is 1300. The highest BCUT2D eigenvalue weighted by atomic mass is 19.4. The van der Waals surface area contributed by atoms with Gasteiger partial charge in [-0.1, -0.05) is 50.2 Å². The lowest BCUT2D eigenvalue weighted by Crippen LogP contribution is -2.07. The van der Waals surface area contributed by atoms with Gasteiger partial charge in [-0.2, -0.15) is 18.3 Å². The number of rotatable bonds is 6. The van der Waals surface area contributed by atoms with Gasteiger partial charge >= 0.3 is 6.18 Å². The van der Waals surface area contributed by atoms with Gasteiger partial charge in [0.1, 0.15) is 0 Å². The first kappa shape index (κ1) is 23.3. The van der Waals surface area contributed by atoms with Crippen LogP contribution in [-0.2, 0) is 12.7 Å². The standard InChI is InChI=1S/C25H24F3N5O/c1-15(2)19-6-4-5-7-20(19)23-30-14-21(34)24(31-23)29-13-17-8-10-18(11-9-17)33-16(3)12-22(32-33)25(26,27)28/h4-12,14-15,34H,13H2,1-3H3,(H,29,30,31). The monoisotopic (exact) mass is 467 g/mol. The van der Waals surface area contributed by atoms with E-state index in [1.807, 2.05) is 24.3 Å². The van der Waals surface area contributed by atoms with Crippen LogP contribution < -0.4 is 5.32 Å². The molecule has 2 N–H and O–H groups in total. The van der Waals surface area contributed by atoms with Crippen molar-refractivity contribution < 1.29 is 18.3 Å². The van der Waals surface area contributed by atoms with Crippen molar-refractivity contribution in [2.24, 2.45) is 0 Å². The van der Waals surface area contributed by atoms with E-state index >= 15 is 0 Å². The Morgan fingerprint density at radius 3 is 2.41 bits per heavy atom. The van der Waals surface area contributed by atoms with Crippen LogP contribution in [0.1, 0.15) is 42.3 Å². The zero-order chi connectivity index (χ0) is 24.5. The molecule has 176 valence electrons. The molecule has 0 aliphatic rings. The maximum Gasteiger partial charge on any atom is 0.435 e. The van der Waals surface area contributed by atoms with E-state index in [0.717, 1.165) is 22.8 Å². The predicted molar refractivity (Wildman–Crippen MR) is 124 cm³/mol. The summed E-state index contributed by atoms with van der Waals surface area (Å²) in [6, 6.07) is 15.8. The zero-order valence-electron chi connectivity index (χ0n) is 18.9. The fraction of sp³-hybridized carbons (Fsp3) is 0.240. The van der Waals surface area contributed by atoms with Crippen LogP contribution in [0.2, 0.25) is 0 Å². The highest BCUT2D eigenvalue weighted by molar-refractivity contribution is 5.64. The highest BCUT2D eigenvalue weighted by Crippen LogP contribution is 2.31. The Balaban J connectivity index is 1.52. The van der Waals surface area contributed by atoms with Crippen molar-refractivity contribution in [3.05, 3.63) is 83.3 Å². The molecule has 0 bridgehead atoms. The van der Waals surface area contributed by atoms with E-state index in [-0.39, 0.29) is 11.7 Å². The number of aryl methyl sites for hydroxylation is 1. The molecule has 0 saturated carbocycles. The second-order valence-corrected chi connectivity index (χ2v) is 8.27. The SMILES string of the molecule is Cc1cc(C(F)(F)F)nn1-c1ccc(CNc2nc(-c3ccccc3C(C)C)ncc2O)cc1. The maximum atomic E-state index is 12.9. The van der Waals surface area contributed by atoms with E-state index in [1.54, 1.807) is 31.2 Å². The molecule has 4 aromatic rings. The number of anilines is 1. The Hall–Kier alpha value is -3.88. The molecular weight excluding hydrogens is 443 g/mol. The Kier molecular flexibility index (Phi) is 6.28. The average Bonchev–Trinajstić information content (AvgIpc) is 3.21. The lowest BCUT2D eigenvalue weighted by molar-refractivity contribution is -0.141. The van der Waals surface area contributed by atoms with Crippen molar-refractivity contribution in [2.75, 3.05) is 5.32 Å². The van der Waals surface area contributed by atoms with Crippen LogP contribution in [0.5, 0.6) is 5.75 Å². The van der Waals surface area contributed by atoms with E-state index in [4.69, 9.17) is 0 Å². The molecule has 34 heavy (non-hydrogen) atoms. The molecule has 0 amide bonds. The molecule has 0 aliphatic heterocycles. The minimum Gasteiger partial charge on any atom is -0.503 e. The molecule has 0 radical (unpaired) electrons. The summed E-state index contributed by atoms with van der Waals surface area (Å²) >= 11 is 0. The van der Waals surface area contributed by atoms with E-state index in [0.29, 0.717) is 29.6 Å². The molecule has 4 rings (SSSR count). The first-order chi connectivity index (χ1) is 16.1. The summed E-state index contributed by atoms with van der Waals surface area (Å²) in [5.74, 6) is 1.02. The van der Waals surface area contributed by atoms with E-state index in [9.17, 15) is 18.3 Å². The number of aromatic hydroxyl groups is 1. The predicted octanol–water partition coefficient (Wildman–Crippen LogP) is 6.10. The van der Waals surface area contributed by atoms with Gasteiger partial charge < -0.3 is 10.4 Å².